The van der Waals surface area contributed by atoms with Crippen molar-refractivity contribution in [3.63, 3.8) is 0 Å². The van der Waals surface area contributed by atoms with Crippen molar-refractivity contribution in [2.45, 2.75) is 26.4 Å². The molecule has 0 fully saturated rings. The van der Waals surface area contributed by atoms with Gasteiger partial charge in [-0.1, -0.05) is 28.9 Å². The molecule has 0 aliphatic heterocycles. The van der Waals surface area contributed by atoms with Gasteiger partial charge in [-0.25, -0.2) is 9.78 Å². The van der Waals surface area contributed by atoms with Gasteiger partial charge in [0.2, 0.25) is 5.75 Å². The number of halogens is 1. The Kier molecular flexibility index (Phi) is 6.98. The van der Waals surface area contributed by atoms with Gasteiger partial charge in [-0.2, -0.15) is 9.78 Å². The van der Waals surface area contributed by atoms with Crippen LogP contribution in [-0.4, -0.2) is 40.0 Å². The van der Waals surface area contributed by atoms with Crippen molar-refractivity contribution >= 4 is 44.7 Å². The molecule has 0 amide bonds. The first kappa shape index (κ1) is 23.1. The second kappa shape index (κ2) is 9.69. The average molecular weight is 503 g/mol. The van der Waals surface area contributed by atoms with Crippen LogP contribution >= 0.6 is 15.9 Å². The number of methoxy groups -OCH3 is 1. The van der Waals surface area contributed by atoms with Crippen LogP contribution in [0.3, 0.4) is 0 Å². The number of ether oxygens (including phenoxy) is 2. The largest absolute Gasteiger partial charge is 0.471 e. The van der Waals surface area contributed by atoms with E-state index in [1.54, 1.807) is 18.2 Å². The van der Waals surface area contributed by atoms with Gasteiger partial charge < -0.3 is 9.47 Å². The lowest BCUT2D eigenvalue weighted by molar-refractivity contribution is -0.386. The lowest BCUT2D eigenvalue weighted by Crippen LogP contribution is -2.26. The molecule has 0 saturated heterocycles. The lowest BCUT2D eigenvalue weighted by Gasteiger charge is -2.14. The first-order valence-electron chi connectivity index (χ1n) is 9.54. The van der Waals surface area contributed by atoms with E-state index in [0.717, 1.165) is 9.15 Å². The van der Waals surface area contributed by atoms with E-state index < -0.39 is 17.0 Å². The van der Waals surface area contributed by atoms with Gasteiger partial charge in [-0.05, 0) is 31.2 Å². The molecule has 2 aromatic carbocycles. The molecule has 0 saturated carbocycles. The normalized spacial score (nSPS) is 12.1. The van der Waals surface area contributed by atoms with E-state index in [2.05, 4.69) is 30.8 Å². The highest BCUT2D eigenvalue weighted by atomic mass is 79.9. The number of hydrogen-bond donors (Lipinski definition) is 0. The summed E-state index contributed by atoms with van der Waals surface area (Å²) in [6.45, 7) is 3.24. The van der Waals surface area contributed by atoms with Crippen LogP contribution in [0.15, 0.2) is 50.8 Å². The number of nitrogens with zero attached hydrogens (tertiary/aromatic N) is 4. The fraction of sp³-hybridized carbons (Fsp3) is 0.238. The number of esters is 1. The van der Waals surface area contributed by atoms with E-state index in [4.69, 9.17) is 4.74 Å². The van der Waals surface area contributed by atoms with Crippen LogP contribution in [0.1, 0.15) is 25.2 Å². The summed E-state index contributed by atoms with van der Waals surface area (Å²) >= 11 is 3.34. The van der Waals surface area contributed by atoms with Crippen LogP contribution in [0.5, 0.6) is 5.75 Å². The minimum absolute atomic E-state index is 0.165. The number of nitro groups is 1. The van der Waals surface area contributed by atoms with E-state index in [0.29, 0.717) is 23.1 Å². The molecule has 0 spiro atoms. The van der Waals surface area contributed by atoms with Gasteiger partial charge >= 0.3 is 11.7 Å². The third kappa shape index (κ3) is 4.67. The highest BCUT2D eigenvalue weighted by Gasteiger charge is 2.24. The number of aryl methyl sites for hydroxylation is 1. The van der Waals surface area contributed by atoms with Crippen LogP contribution in [0.25, 0.3) is 10.9 Å². The number of aromatic nitrogens is 2. The summed E-state index contributed by atoms with van der Waals surface area (Å²) in [6.07, 6.45) is 0.594. The third-order valence-corrected chi connectivity index (χ3v) is 5.05. The molecule has 11 heteroatoms. The summed E-state index contributed by atoms with van der Waals surface area (Å²) < 4.78 is 12.0. The number of hydrogen-bond acceptors (Lipinski definition) is 8. The Morgan fingerprint density at radius 1 is 1.38 bits per heavy atom. The van der Waals surface area contributed by atoms with E-state index >= 15 is 0 Å². The van der Waals surface area contributed by atoms with Crippen molar-refractivity contribution < 1.29 is 19.2 Å². The molecule has 1 atom stereocenters. The zero-order valence-corrected chi connectivity index (χ0v) is 19.0. The lowest BCUT2D eigenvalue weighted by atomic mass is 10.2. The van der Waals surface area contributed by atoms with E-state index in [9.17, 15) is 19.7 Å². The number of rotatable bonds is 7. The summed E-state index contributed by atoms with van der Waals surface area (Å²) in [4.78, 5) is 40.1. The summed E-state index contributed by atoms with van der Waals surface area (Å²) in [7, 11) is 1.19. The Morgan fingerprint density at radius 2 is 2.12 bits per heavy atom. The molecular formula is C21H19BrN4O6. The predicted molar refractivity (Wildman–Crippen MR) is 121 cm³/mol. The van der Waals surface area contributed by atoms with E-state index in [-0.39, 0.29) is 22.6 Å². The SMILES string of the molecule is CCc1nc2ccc(Br)cc2c(=O)n1N=Cc1cccc([N+](=O)[O-])c1O[C@@H](C)C(=O)OC. The second-order valence-corrected chi connectivity index (χ2v) is 7.56. The third-order valence-electron chi connectivity index (χ3n) is 4.55. The number of para-hydroxylation sites is 1. The Hall–Kier alpha value is -3.60. The van der Waals surface area contributed by atoms with Crippen molar-refractivity contribution in [2.75, 3.05) is 7.11 Å². The van der Waals surface area contributed by atoms with Crippen molar-refractivity contribution in [3.8, 4) is 5.75 Å². The van der Waals surface area contributed by atoms with Gasteiger partial charge in [0.05, 0.1) is 29.2 Å². The standard InChI is InChI=1S/C21H19BrN4O6/c1-4-18-24-16-9-8-14(22)10-15(16)20(27)25(18)23-11-13-6-5-7-17(26(29)30)19(13)32-12(2)21(28)31-3/h5-12H,4H2,1-3H3/t12-/m0/s1. The van der Waals surface area contributed by atoms with Crippen LogP contribution in [0.2, 0.25) is 0 Å². The van der Waals surface area contributed by atoms with Crippen molar-refractivity contribution in [1.82, 2.24) is 9.66 Å². The van der Waals surface area contributed by atoms with Crippen LogP contribution in [0.4, 0.5) is 5.69 Å². The quantitative estimate of drug-likeness (QED) is 0.209. The molecular weight excluding hydrogens is 484 g/mol. The zero-order valence-electron chi connectivity index (χ0n) is 17.4. The molecule has 0 unspecified atom stereocenters. The zero-order chi connectivity index (χ0) is 23.4. The van der Waals surface area contributed by atoms with Gasteiger partial charge in [0.25, 0.3) is 5.56 Å². The number of carbonyl (C=O) groups is 1. The maximum atomic E-state index is 13.0. The van der Waals surface area contributed by atoms with Gasteiger partial charge in [0.15, 0.2) is 6.10 Å². The van der Waals surface area contributed by atoms with E-state index in [1.807, 2.05) is 6.92 Å². The fourth-order valence-corrected chi connectivity index (χ4v) is 3.33. The number of carbonyl (C=O) groups excluding carboxylic acids is 1. The molecule has 0 aliphatic carbocycles. The molecule has 1 heterocycles. The molecule has 10 nitrogen and oxygen atoms in total. The van der Waals surface area contributed by atoms with Crippen molar-refractivity contribution in [3.05, 3.63) is 72.7 Å². The Labute approximate surface area is 190 Å². The Bertz CT molecular complexity index is 1290. The molecule has 3 rings (SSSR count). The molecule has 1 aromatic heterocycles. The molecule has 32 heavy (non-hydrogen) atoms. The van der Waals surface area contributed by atoms with E-state index in [1.165, 1.54) is 38.4 Å². The maximum Gasteiger partial charge on any atom is 0.346 e. The van der Waals surface area contributed by atoms with Crippen LogP contribution in [-0.2, 0) is 16.0 Å². The van der Waals surface area contributed by atoms with Gasteiger partial charge in [-0.3, -0.25) is 14.9 Å². The highest BCUT2D eigenvalue weighted by Crippen LogP contribution is 2.31. The van der Waals surface area contributed by atoms with Crippen molar-refractivity contribution in [2.24, 2.45) is 5.10 Å². The summed E-state index contributed by atoms with van der Waals surface area (Å²) in [6, 6.07) is 9.39. The minimum Gasteiger partial charge on any atom is -0.471 e. The van der Waals surface area contributed by atoms with Gasteiger partial charge in [0, 0.05) is 22.5 Å². The molecule has 3 aromatic rings. The monoisotopic (exact) mass is 502 g/mol. The van der Waals surface area contributed by atoms with Gasteiger partial charge in [-0.15, -0.1) is 0 Å². The summed E-state index contributed by atoms with van der Waals surface area (Å²) in [5, 5.41) is 16.1. The molecule has 0 bridgehead atoms. The fourth-order valence-electron chi connectivity index (χ4n) is 2.97. The summed E-state index contributed by atoms with van der Waals surface area (Å²) in [5.74, 6) is -0.446. The minimum atomic E-state index is -1.10. The molecule has 0 radical (unpaired) electrons. The topological polar surface area (TPSA) is 126 Å². The number of fused-ring (bicyclic) bond motifs is 1. The first-order valence-corrected chi connectivity index (χ1v) is 10.3. The average Bonchev–Trinajstić information content (AvgIpc) is 2.78. The van der Waals surface area contributed by atoms with Crippen molar-refractivity contribution in [1.29, 1.82) is 0 Å². The highest BCUT2D eigenvalue weighted by molar-refractivity contribution is 9.10. The molecule has 166 valence electrons. The van der Waals surface area contributed by atoms with Crippen LogP contribution in [0, 0.1) is 10.1 Å². The van der Waals surface area contributed by atoms with Gasteiger partial charge in [0.1, 0.15) is 5.82 Å². The first-order chi connectivity index (χ1) is 15.3. The Morgan fingerprint density at radius 3 is 2.78 bits per heavy atom. The molecule has 0 aliphatic rings. The summed E-state index contributed by atoms with van der Waals surface area (Å²) in [5.41, 5.74) is -0.000389. The second-order valence-electron chi connectivity index (χ2n) is 6.64. The smallest absolute Gasteiger partial charge is 0.346 e. The predicted octanol–water partition coefficient (Wildman–Crippen LogP) is 3.45. The van der Waals surface area contributed by atoms with Crippen LogP contribution < -0.4 is 10.3 Å². The number of nitro benzene ring substituents is 1. The Balaban J connectivity index is 2.13. The molecule has 0 N–H and O–H groups in total. The number of benzene rings is 2. The maximum absolute atomic E-state index is 13.0.